The summed E-state index contributed by atoms with van der Waals surface area (Å²) in [5.41, 5.74) is 1.34. The van der Waals surface area contributed by atoms with E-state index in [1.165, 1.54) is 23.4 Å². The lowest BCUT2D eigenvalue weighted by Crippen LogP contribution is -2.16. The number of nitrogens with zero attached hydrogens (tertiary/aromatic N) is 1. The summed E-state index contributed by atoms with van der Waals surface area (Å²) in [7, 11) is 0. The molecule has 1 heterocycles. The number of thioether (sulfide) groups is 1. The van der Waals surface area contributed by atoms with E-state index in [1.807, 2.05) is 24.0 Å². The third-order valence-electron chi connectivity index (χ3n) is 2.29. The van der Waals surface area contributed by atoms with Crippen molar-refractivity contribution in [1.82, 2.24) is 10.3 Å². The molecular formula is C11H16N2S. The average Bonchev–Trinajstić information content (AvgIpc) is 3.01. The lowest BCUT2D eigenvalue weighted by Gasteiger charge is -2.07. The van der Waals surface area contributed by atoms with Gasteiger partial charge >= 0.3 is 0 Å². The van der Waals surface area contributed by atoms with Crippen molar-refractivity contribution < 1.29 is 0 Å². The highest BCUT2D eigenvalue weighted by molar-refractivity contribution is 7.99. The molecule has 0 aliphatic heterocycles. The van der Waals surface area contributed by atoms with E-state index in [4.69, 9.17) is 0 Å². The van der Waals surface area contributed by atoms with Crippen LogP contribution in [0.15, 0.2) is 23.4 Å². The first kappa shape index (κ1) is 9.99. The normalized spacial score (nSPS) is 15.8. The van der Waals surface area contributed by atoms with Gasteiger partial charge in [0.15, 0.2) is 0 Å². The van der Waals surface area contributed by atoms with Crippen LogP contribution in [0.4, 0.5) is 0 Å². The molecule has 0 saturated heterocycles. The van der Waals surface area contributed by atoms with Crippen LogP contribution in [0.1, 0.15) is 25.3 Å². The van der Waals surface area contributed by atoms with Crippen molar-refractivity contribution in [3.8, 4) is 0 Å². The lowest BCUT2D eigenvalue weighted by molar-refractivity contribution is 0.675. The molecule has 1 aromatic heterocycles. The van der Waals surface area contributed by atoms with Crippen LogP contribution >= 0.6 is 11.8 Å². The smallest absolute Gasteiger partial charge is 0.100 e. The fourth-order valence-corrected chi connectivity index (χ4v) is 2.10. The number of nitrogens with one attached hydrogen (secondary N) is 1. The summed E-state index contributed by atoms with van der Waals surface area (Å²) in [6.45, 7) is 3.14. The maximum atomic E-state index is 4.39. The SMILES string of the molecule is CCSc1ncccc1CNC1CC1. The monoisotopic (exact) mass is 208 g/mol. The van der Waals surface area contributed by atoms with Crippen molar-refractivity contribution in [2.24, 2.45) is 0 Å². The number of rotatable bonds is 5. The molecule has 0 radical (unpaired) electrons. The number of hydrogen-bond acceptors (Lipinski definition) is 3. The van der Waals surface area contributed by atoms with E-state index in [2.05, 4.69) is 23.3 Å². The Morgan fingerprint density at radius 2 is 2.43 bits per heavy atom. The molecule has 2 nitrogen and oxygen atoms in total. The van der Waals surface area contributed by atoms with Crippen molar-refractivity contribution >= 4 is 11.8 Å². The summed E-state index contributed by atoms with van der Waals surface area (Å²) in [5, 5.41) is 4.70. The highest BCUT2D eigenvalue weighted by Gasteiger charge is 2.20. The average molecular weight is 208 g/mol. The topological polar surface area (TPSA) is 24.9 Å². The van der Waals surface area contributed by atoms with Crippen LogP contribution in [0.25, 0.3) is 0 Å². The van der Waals surface area contributed by atoms with E-state index < -0.39 is 0 Å². The summed E-state index contributed by atoms with van der Waals surface area (Å²) in [5.74, 6) is 1.09. The van der Waals surface area contributed by atoms with Crippen LogP contribution < -0.4 is 5.32 Å². The molecule has 76 valence electrons. The second-order valence-corrected chi connectivity index (χ2v) is 4.81. The minimum Gasteiger partial charge on any atom is -0.310 e. The Labute approximate surface area is 89.5 Å². The Kier molecular flexibility index (Phi) is 3.43. The summed E-state index contributed by atoms with van der Waals surface area (Å²) in [6.07, 6.45) is 4.56. The number of hydrogen-bond donors (Lipinski definition) is 1. The molecule has 1 aliphatic rings. The van der Waals surface area contributed by atoms with Crippen LogP contribution in [-0.4, -0.2) is 16.8 Å². The Morgan fingerprint density at radius 1 is 1.57 bits per heavy atom. The standard InChI is InChI=1S/C11H16N2S/c1-2-14-11-9(4-3-7-12-11)8-13-10-5-6-10/h3-4,7,10,13H,2,5-6,8H2,1H3. The Bertz CT molecular complexity index is 297. The van der Waals surface area contributed by atoms with Gasteiger partial charge in [0.25, 0.3) is 0 Å². The first-order valence-electron chi connectivity index (χ1n) is 5.20. The van der Waals surface area contributed by atoms with Gasteiger partial charge in [0.1, 0.15) is 5.03 Å². The summed E-state index contributed by atoms with van der Waals surface area (Å²) < 4.78 is 0. The fourth-order valence-electron chi connectivity index (χ4n) is 1.37. The van der Waals surface area contributed by atoms with Gasteiger partial charge in [-0.3, -0.25) is 0 Å². The zero-order valence-corrected chi connectivity index (χ0v) is 9.31. The van der Waals surface area contributed by atoms with E-state index in [9.17, 15) is 0 Å². The fraction of sp³-hybridized carbons (Fsp3) is 0.545. The Balaban J connectivity index is 1.97. The van der Waals surface area contributed by atoms with Gasteiger partial charge in [-0.2, -0.15) is 0 Å². The van der Waals surface area contributed by atoms with Crippen LogP contribution in [-0.2, 0) is 6.54 Å². The maximum absolute atomic E-state index is 4.39. The van der Waals surface area contributed by atoms with Crippen molar-refractivity contribution in [3.63, 3.8) is 0 Å². The predicted octanol–water partition coefficient (Wildman–Crippen LogP) is 2.45. The molecule has 0 aromatic carbocycles. The van der Waals surface area contributed by atoms with Crippen LogP contribution in [0, 0.1) is 0 Å². The van der Waals surface area contributed by atoms with Gasteiger partial charge in [0.2, 0.25) is 0 Å². The highest BCUT2D eigenvalue weighted by Crippen LogP contribution is 2.22. The molecule has 1 N–H and O–H groups in total. The Hall–Kier alpha value is -0.540. The second-order valence-electron chi connectivity index (χ2n) is 3.56. The van der Waals surface area contributed by atoms with Gasteiger partial charge < -0.3 is 5.32 Å². The molecule has 3 heteroatoms. The van der Waals surface area contributed by atoms with Gasteiger partial charge in [-0.05, 0) is 30.2 Å². The first-order valence-corrected chi connectivity index (χ1v) is 6.18. The van der Waals surface area contributed by atoms with Crippen LogP contribution in [0.2, 0.25) is 0 Å². The first-order chi connectivity index (χ1) is 6.90. The lowest BCUT2D eigenvalue weighted by atomic mass is 10.3. The highest BCUT2D eigenvalue weighted by atomic mass is 32.2. The molecule has 14 heavy (non-hydrogen) atoms. The van der Waals surface area contributed by atoms with Gasteiger partial charge in [-0.1, -0.05) is 13.0 Å². The number of pyridine rings is 1. The molecule has 0 spiro atoms. The molecule has 1 saturated carbocycles. The molecule has 0 amide bonds. The molecule has 1 fully saturated rings. The zero-order valence-electron chi connectivity index (χ0n) is 8.49. The van der Waals surface area contributed by atoms with Gasteiger partial charge in [0, 0.05) is 18.8 Å². The van der Waals surface area contributed by atoms with Crippen molar-refractivity contribution in [3.05, 3.63) is 23.9 Å². The third-order valence-corrected chi connectivity index (χ3v) is 3.22. The maximum Gasteiger partial charge on any atom is 0.100 e. The summed E-state index contributed by atoms with van der Waals surface area (Å²) in [6, 6.07) is 4.96. The van der Waals surface area contributed by atoms with Gasteiger partial charge in [-0.15, -0.1) is 11.8 Å². The van der Waals surface area contributed by atoms with E-state index in [0.717, 1.165) is 18.3 Å². The summed E-state index contributed by atoms with van der Waals surface area (Å²) in [4.78, 5) is 4.39. The largest absolute Gasteiger partial charge is 0.310 e. The van der Waals surface area contributed by atoms with E-state index in [1.54, 1.807) is 0 Å². The number of aromatic nitrogens is 1. The van der Waals surface area contributed by atoms with Crippen LogP contribution in [0.5, 0.6) is 0 Å². The molecule has 1 aliphatic carbocycles. The molecule has 1 aromatic rings. The minimum atomic E-state index is 0.773. The van der Waals surface area contributed by atoms with Crippen molar-refractivity contribution in [1.29, 1.82) is 0 Å². The van der Waals surface area contributed by atoms with Crippen molar-refractivity contribution in [2.45, 2.75) is 37.4 Å². The quantitative estimate of drug-likeness (QED) is 0.752. The molecule has 2 rings (SSSR count). The second kappa shape index (κ2) is 4.80. The molecule has 0 unspecified atom stereocenters. The molecule has 0 bridgehead atoms. The van der Waals surface area contributed by atoms with E-state index in [0.29, 0.717) is 0 Å². The molecule has 0 atom stereocenters. The molecular weight excluding hydrogens is 192 g/mol. The van der Waals surface area contributed by atoms with Crippen molar-refractivity contribution in [2.75, 3.05) is 5.75 Å². The van der Waals surface area contributed by atoms with Gasteiger partial charge in [-0.25, -0.2) is 4.98 Å². The zero-order chi connectivity index (χ0) is 9.80. The van der Waals surface area contributed by atoms with Gasteiger partial charge in [0.05, 0.1) is 0 Å². The summed E-state index contributed by atoms with van der Waals surface area (Å²) >= 11 is 1.82. The van der Waals surface area contributed by atoms with Crippen LogP contribution in [0.3, 0.4) is 0 Å². The Morgan fingerprint density at radius 3 is 3.14 bits per heavy atom. The predicted molar refractivity (Wildman–Crippen MR) is 60.5 cm³/mol. The van der Waals surface area contributed by atoms with E-state index in [-0.39, 0.29) is 0 Å². The van der Waals surface area contributed by atoms with E-state index >= 15 is 0 Å². The third kappa shape index (κ3) is 2.72. The minimum absolute atomic E-state index is 0.773.